The molecule has 1 aromatic carbocycles. The van der Waals surface area contributed by atoms with Crippen molar-refractivity contribution in [1.29, 1.82) is 0 Å². The summed E-state index contributed by atoms with van der Waals surface area (Å²) < 4.78 is 54.2. The third kappa shape index (κ3) is 2.19. The molecule has 2 N–H and O–H groups in total. The van der Waals surface area contributed by atoms with Gasteiger partial charge in [0.05, 0.1) is 5.56 Å². The van der Waals surface area contributed by atoms with Crippen molar-refractivity contribution < 1.29 is 22.1 Å². The Hall–Kier alpha value is -2.12. The molecular formula is C9H5F4N3O. The second-order valence-corrected chi connectivity index (χ2v) is 3.16. The standard InChI is InChI=1S/C9H5F4N3O/c10-6-2-1-4(14)3-5(6)7-15-8(16-17-7)9(11,12)13/h1-3H,14H2. The third-order valence-corrected chi connectivity index (χ3v) is 1.90. The first kappa shape index (κ1) is 11.4. The first-order chi connectivity index (χ1) is 7.88. The van der Waals surface area contributed by atoms with Gasteiger partial charge in [-0.15, -0.1) is 0 Å². The van der Waals surface area contributed by atoms with E-state index in [2.05, 4.69) is 14.7 Å². The van der Waals surface area contributed by atoms with Gasteiger partial charge < -0.3 is 10.3 Å². The first-order valence-corrected chi connectivity index (χ1v) is 4.34. The van der Waals surface area contributed by atoms with Gasteiger partial charge in [-0.1, -0.05) is 5.16 Å². The second kappa shape index (κ2) is 3.72. The molecule has 4 nitrogen and oxygen atoms in total. The molecule has 0 fully saturated rings. The van der Waals surface area contributed by atoms with Gasteiger partial charge in [0.1, 0.15) is 5.82 Å². The van der Waals surface area contributed by atoms with Crippen LogP contribution in [0.2, 0.25) is 0 Å². The monoisotopic (exact) mass is 247 g/mol. The van der Waals surface area contributed by atoms with E-state index in [9.17, 15) is 17.6 Å². The maximum atomic E-state index is 13.3. The minimum Gasteiger partial charge on any atom is -0.399 e. The van der Waals surface area contributed by atoms with Crippen molar-refractivity contribution in [1.82, 2.24) is 10.1 Å². The fraction of sp³-hybridized carbons (Fsp3) is 0.111. The molecule has 2 rings (SSSR count). The summed E-state index contributed by atoms with van der Waals surface area (Å²) in [4.78, 5) is 3.06. The third-order valence-electron chi connectivity index (χ3n) is 1.90. The van der Waals surface area contributed by atoms with Crippen LogP contribution in [0.25, 0.3) is 11.5 Å². The highest BCUT2D eigenvalue weighted by molar-refractivity contribution is 5.60. The molecule has 0 aliphatic rings. The SMILES string of the molecule is Nc1ccc(F)c(-c2nc(C(F)(F)F)no2)c1. The molecule has 0 bridgehead atoms. The van der Waals surface area contributed by atoms with Crippen LogP contribution in [0.1, 0.15) is 5.82 Å². The van der Waals surface area contributed by atoms with Gasteiger partial charge in [0.25, 0.3) is 11.7 Å². The smallest absolute Gasteiger partial charge is 0.399 e. The van der Waals surface area contributed by atoms with Crippen molar-refractivity contribution in [3.8, 4) is 11.5 Å². The number of nitrogen functional groups attached to an aromatic ring is 1. The number of hydrogen-bond acceptors (Lipinski definition) is 4. The molecule has 90 valence electrons. The Labute approximate surface area is 92.0 Å². The predicted molar refractivity (Wildman–Crippen MR) is 49.1 cm³/mol. The number of anilines is 1. The van der Waals surface area contributed by atoms with Crippen LogP contribution in [0.5, 0.6) is 0 Å². The second-order valence-electron chi connectivity index (χ2n) is 3.16. The van der Waals surface area contributed by atoms with Crippen LogP contribution in [-0.2, 0) is 6.18 Å². The molecule has 17 heavy (non-hydrogen) atoms. The molecule has 0 aliphatic heterocycles. The summed E-state index contributed by atoms with van der Waals surface area (Å²) in [5.74, 6) is -2.83. The van der Waals surface area contributed by atoms with Gasteiger partial charge in [-0.25, -0.2) is 4.39 Å². The van der Waals surface area contributed by atoms with E-state index in [1.807, 2.05) is 0 Å². The summed E-state index contributed by atoms with van der Waals surface area (Å²) in [5.41, 5.74) is 5.28. The van der Waals surface area contributed by atoms with E-state index in [1.54, 1.807) is 0 Å². The molecule has 0 spiro atoms. The fourth-order valence-electron chi connectivity index (χ4n) is 1.15. The van der Waals surface area contributed by atoms with Crippen molar-refractivity contribution >= 4 is 5.69 Å². The lowest BCUT2D eigenvalue weighted by Crippen LogP contribution is -2.07. The molecule has 0 atom stereocenters. The topological polar surface area (TPSA) is 64.9 Å². The number of aromatic nitrogens is 2. The van der Waals surface area contributed by atoms with Gasteiger partial charge >= 0.3 is 6.18 Å². The minimum absolute atomic E-state index is 0.174. The van der Waals surface area contributed by atoms with Gasteiger partial charge in [0, 0.05) is 5.69 Å². The number of halogens is 4. The molecule has 0 amide bonds. The van der Waals surface area contributed by atoms with Crippen molar-refractivity contribution in [3.63, 3.8) is 0 Å². The Morgan fingerprint density at radius 1 is 1.24 bits per heavy atom. The molecule has 1 aromatic heterocycles. The molecule has 8 heteroatoms. The van der Waals surface area contributed by atoms with E-state index in [0.29, 0.717) is 0 Å². The summed E-state index contributed by atoms with van der Waals surface area (Å²) in [6.45, 7) is 0. The minimum atomic E-state index is -4.74. The van der Waals surface area contributed by atoms with Crippen LogP contribution in [0.4, 0.5) is 23.2 Å². The Bertz CT molecular complexity index is 549. The number of benzene rings is 1. The van der Waals surface area contributed by atoms with Crippen molar-refractivity contribution in [2.24, 2.45) is 0 Å². The average Bonchev–Trinajstić information content (AvgIpc) is 2.70. The van der Waals surface area contributed by atoms with E-state index in [-0.39, 0.29) is 11.3 Å². The normalized spacial score (nSPS) is 11.8. The molecule has 0 unspecified atom stereocenters. The van der Waals surface area contributed by atoms with Crippen LogP contribution in [0, 0.1) is 5.82 Å². The molecule has 0 aliphatic carbocycles. The van der Waals surface area contributed by atoms with Gasteiger partial charge in [-0.3, -0.25) is 0 Å². The molecule has 0 radical (unpaired) electrons. The highest BCUT2D eigenvalue weighted by Gasteiger charge is 2.37. The molecule has 0 saturated heterocycles. The van der Waals surface area contributed by atoms with Crippen molar-refractivity contribution in [2.45, 2.75) is 6.18 Å². The van der Waals surface area contributed by atoms with Gasteiger partial charge in [0.15, 0.2) is 0 Å². The summed E-state index contributed by atoms with van der Waals surface area (Å²) in [5, 5.41) is 2.72. The Balaban J connectivity index is 2.47. The van der Waals surface area contributed by atoms with E-state index >= 15 is 0 Å². The Kier molecular flexibility index (Phi) is 2.49. The number of nitrogens with zero attached hydrogens (tertiary/aromatic N) is 2. The summed E-state index contributed by atoms with van der Waals surface area (Å²) in [7, 11) is 0. The lowest BCUT2D eigenvalue weighted by Gasteiger charge is -1.99. The maximum absolute atomic E-state index is 13.3. The molecule has 1 heterocycles. The number of hydrogen-bond donors (Lipinski definition) is 1. The first-order valence-electron chi connectivity index (χ1n) is 4.34. The number of nitrogens with two attached hydrogens (primary N) is 1. The largest absolute Gasteiger partial charge is 0.455 e. The zero-order chi connectivity index (χ0) is 12.6. The summed E-state index contributed by atoms with van der Waals surface area (Å²) in [6.07, 6.45) is -4.74. The fourth-order valence-corrected chi connectivity index (χ4v) is 1.15. The van der Waals surface area contributed by atoms with Gasteiger partial charge in [-0.05, 0) is 18.2 Å². The number of rotatable bonds is 1. The van der Waals surface area contributed by atoms with E-state index in [4.69, 9.17) is 5.73 Å². The van der Waals surface area contributed by atoms with Gasteiger partial charge in [-0.2, -0.15) is 18.2 Å². The highest BCUT2D eigenvalue weighted by Crippen LogP contribution is 2.30. The van der Waals surface area contributed by atoms with E-state index in [1.165, 1.54) is 6.07 Å². The van der Waals surface area contributed by atoms with E-state index < -0.39 is 23.7 Å². The van der Waals surface area contributed by atoms with Crippen LogP contribution >= 0.6 is 0 Å². The molecule has 0 saturated carbocycles. The molecule has 2 aromatic rings. The van der Waals surface area contributed by atoms with Crippen LogP contribution in [-0.4, -0.2) is 10.1 Å². The van der Waals surface area contributed by atoms with Gasteiger partial charge in [0.2, 0.25) is 0 Å². The van der Waals surface area contributed by atoms with Crippen molar-refractivity contribution in [2.75, 3.05) is 5.73 Å². The van der Waals surface area contributed by atoms with E-state index in [0.717, 1.165) is 12.1 Å². The predicted octanol–water partition coefficient (Wildman–Crippen LogP) is 2.48. The average molecular weight is 247 g/mol. The van der Waals surface area contributed by atoms with Crippen LogP contribution in [0.3, 0.4) is 0 Å². The van der Waals surface area contributed by atoms with Crippen LogP contribution < -0.4 is 5.73 Å². The summed E-state index contributed by atoms with van der Waals surface area (Å²) in [6, 6.07) is 3.38. The van der Waals surface area contributed by atoms with Crippen LogP contribution in [0.15, 0.2) is 22.7 Å². The Morgan fingerprint density at radius 2 is 1.94 bits per heavy atom. The zero-order valence-corrected chi connectivity index (χ0v) is 8.12. The molecular weight excluding hydrogens is 242 g/mol. The lowest BCUT2D eigenvalue weighted by atomic mass is 10.2. The number of alkyl halides is 3. The maximum Gasteiger partial charge on any atom is 0.455 e. The highest BCUT2D eigenvalue weighted by atomic mass is 19.4. The quantitative estimate of drug-likeness (QED) is 0.621. The Morgan fingerprint density at radius 3 is 2.53 bits per heavy atom. The zero-order valence-electron chi connectivity index (χ0n) is 8.12. The summed E-state index contributed by atoms with van der Waals surface area (Å²) >= 11 is 0. The lowest BCUT2D eigenvalue weighted by molar-refractivity contribution is -0.146. The van der Waals surface area contributed by atoms with Crippen molar-refractivity contribution in [3.05, 3.63) is 29.8 Å².